The van der Waals surface area contributed by atoms with E-state index in [4.69, 9.17) is 0 Å². The van der Waals surface area contributed by atoms with Crippen LogP contribution >= 0.6 is 0 Å². The van der Waals surface area contributed by atoms with E-state index in [-0.39, 0.29) is 17.9 Å². The molecule has 6 heteroatoms. The maximum Gasteiger partial charge on any atom is 0.326 e. The van der Waals surface area contributed by atoms with Crippen molar-refractivity contribution < 1.29 is 14.7 Å². The molecule has 3 rings (SSSR count). The lowest BCUT2D eigenvalue weighted by Crippen LogP contribution is -2.43. The number of nitrogens with one attached hydrogen (secondary N) is 1. The molecule has 0 radical (unpaired) electrons. The van der Waals surface area contributed by atoms with Crippen LogP contribution in [0.2, 0.25) is 0 Å². The second-order valence-corrected chi connectivity index (χ2v) is 7.50. The molecule has 1 atom stereocenters. The van der Waals surface area contributed by atoms with Gasteiger partial charge in [-0.3, -0.25) is 9.59 Å². The number of carboxylic acid groups (broad SMARTS) is 1. The average molecular weight is 392 g/mol. The van der Waals surface area contributed by atoms with Gasteiger partial charge < -0.3 is 15.0 Å². The maximum atomic E-state index is 12.9. The molecule has 0 fully saturated rings. The topological polar surface area (TPSA) is 88.4 Å². The summed E-state index contributed by atoms with van der Waals surface area (Å²) in [5, 5.41) is 12.3. The highest BCUT2D eigenvalue weighted by Crippen LogP contribution is 2.15. The highest BCUT2D eigenvalue weighted by molar-refractivity contribution is 5.99. The molecule has 2 aromatic carbocycles. The van der Waals surface area contributed by atoms with Crippen LogP contribution in [0.5, 0.6) is 0 Å². The van der Waals surface area contributed by atoms with Crippen LogP contribution in [0.4, 0.5) is 0 Å². The summed E-state index contributed by atoms with van der Waals surface area (Å²) in [6, 6.07) is 15.8. The summed E-state index contributed by atoms with van der Waals surface area (Å²) in [7, 11) is 0. The van der Waals surface area contributed by atoms with E-state index in [2.05, 4.69) is 5.32 Å². The van der Waals surface area contributed by atoms with E-state index < -0.39 is 23.3 Å². The molecule has 3 aromatic rings. The van der Waals surface area contributed by atoms with E-state index in [9.17, 15) is 19.5 Å². The van der Waals surface area contributed by atoms with Crippen molar-refractivity contribution in [2.75, 3.05) is 0 Å². The smallest absolute Gasteiger partial charge is 0.326 e. The lowest BCUT2D eigenvalue weighted by Gasteiger charge is -2.18. The van der Waals surface area contributed by atoms with Crippen molar-refractivity contribution in [1.29, 1.82) is 0 Å². The number of rotatable bonds is 7. The fraction of sp³-hybridized carbons (Fsp3) is 0.261. The molecule has 0 saturated carbocycles. The Morgan fingerprint density at radius 2 is 1.69 bits per heavy atom. The van der Waals surface area contributed by atoms with Gasteiger partial charge in [0.15, 0.2) is 0 Å². The SMILES string of the molecule is CC(C)CC(NC(=O)c1cn(Cc2ccccc2)c2ccccc2c1=O)C(=O)O. The molecule has 150 valence electrons. The molecule has 0 aliphatic heterocycles. The van der Waals surface area contributed by atoms with Gasteiger partial charge in [0, 0.05) is 18.1 Å². The number of benzene rings is 2. The van der Waals surface area contributed by atoms with Crippen molar-refractivity contribution in [3.63, 3.8) is 0 Å². The predicted octanol–water partition coefficient (Wildman–Crippen LogP) is 3.28. The Balaban J connectivity index is 2.03. The van der Waals surface area contributed by atoms with Gasteiger partial charge in [0.05, 0.1) is 5.52 Å². The van der Waals surface area contributed by atoms with Crippen molar-refractivity contribution in [3.05, 3.63) is 82.1 Å². The summed E-state index contributed by atoms with van der Waals surface area (Å²) in [6.45, 7) is 4.24. The highest BCUT2D eigenvalue weighted by atomic mass is 16.4. The van der Waals surface area contributed by atoms with Crippen LogP contribution in [0.15, 0.2) is 65.6 Å². The number of hydrogen-bond donors (Lipinski definition) is 2. The number of hydrogen-bond acceptors (Lipinski definition) is 3. The molecular formula is C23H24N2O4. The summed E-state index contributed by atoms with van der Waals surface area (Å²) in [5.41, 5.74) is 1.27. The standard InChI is InChI=1S/C23H24N2O4/c1-15(2)12-19(23(28)29)24-22(27)18-14-25(13-16-8-4-3-5-9-16)20-11-7-6-10-17(20)21(18)26/h3-11,14-15,19H,12-13H2,1-2H3,(H,24,27)(H,28,29). The molecule has 1 amide bonds. The Kier molecular flexibility index (Phi) is 6.12. The van der Waals surface area contributed by atoms with Crippen LogP contribution in [0.1, 0.15) is 36.2 Å². The number of nitrogens with zero attached hydrogens (tertiary/aromatic N) is 1. The Bertz CT molecular complexity index is 1090. The van der Waals surface area contributed by atoms with Crippen molar-refractivity contribution in [1.82, 2.24) is 9.88 Å². The van der Waals surface area contributed by atoms with Crippen LogP contribution in [0.25, 0.3) is 10.9 Å². The van der Waals surface area contributed by atoms with Gasteiger partial charge in [0.25, 0.3) is 5.91 Å². The van der Waals surface area contributed by atoms with Crippen LogP contribution in [-0.2, 0) is 11.3 Å². The lowest BCUT2D eigenvalue weighted by atomic mass is 10.0. The van der Waals surface area contributed by atoms with Gasteiger partial charge in [-0.2, -0.15) is 0 Å². The minimum atomic E-state index is -1.11. The van der Waals surface area contributed by atoms with E-state index in [0.29, 0.717) is 11.9 Å². The zero-order valence-corrected chi connectivity index (χ0v) is 16.5. The summed E-state index contributed by atoms with van der Waals surface area (Å²) in [6.07, 6.45) is 1.80. The Morgan fingerprint density at radius 3 is 2.34 bits per heavy atom. The molecule has 0 spiro atoms. The molecule has 1 unspecified atom stereocenters. The molecule has 2 N–H and O–H groups in total. The molecule has 0 aliphatic carbocycles. The molecule has 0 saturated heterocycles. The fourth-order valence-electron chi connectivity index (χ4n) is 3.35. The van der Waals surface area contributed by atoms with Crippen LogP contribution in [0, 0.1) is 5.92 Å². The molecular weight excluding hydrogens is 368 g/mol. The number of amides is 1. The van der Waals surface area contributed by atoms with Gasteiger partial charge in [-0.1, -0.05) is 56.3 Å². The summed E-state index contributed by atoms with van der Waals surface area (Å²) < 4.78 is 1.85. The first-order valence-corrected chi connectivity index (χ1v) is 9.56. The number of carboxylic acids is 1. The minimum Gasteiger partial charge on any atom is -0.480 e. The second kappa shape index (κ2) is 8.73. The van der Waals surface area contributed by atoms with Crippen molar-refractivity contribution >= 4 is 22.8 Å². The number of aliphatic carboxylic acids is 1. The molecule has 0 aliphatic rings. The van der Waals surface area contributed by atoms with Gasteiger partial charge in [0.1, 0.15) is 11.6 Å². The van der Waals surface area contributed by atoms with E-state index in [1.807, 2.05) is 60.9 Å². The quantitative estimate of drug-likeness (QED) is 0.646. The number of aromatic nitrogens is 1. The first-order valence-electron chi connectivity index (χ1n) is 9.56. The first kappa shape index (κ1) is 20.3. The maximum absolute atomic E-state index is 12.9. The second-order valence-electron chi connectivity index (χ2n) is 7.50. The molecule has 6 nitrogen and oxygen atoms in total. The molecule has 29 heavy (non-hydrogen) atoms. The Morgan fingerprint density at radius 1 is 1.03 bits per heavy atom. The van der Waals surface area contributed by atoms with Gasteiger partial charge in [0.2, 0.25) is 5.43 Å². The monoisotopic (exact) mass is 392 g/mol. The zero-order chi connectivity index (χ0) is 21.0. The normalized spacial score (nSPS) is 12.1. The van der Waals surface area contributed by atoms with Crippen molar-refractivity contribution in [3.8, 4) is 0 Å². The number of fused-ring (bicyclic) bond motifs is 1. The first-order chi connectivity index (χ1) is 13.9. The lowest BCUT2D eigenvalue weighted by molar-refractivity contribution is -0.139. The zero-order valence-electron chi connectivity index (χ0n) is 16.5. The van der Waals surface area contributed by atoms with E-state index in [0.717, 1.165) is 11.1 Å². The minimum absolute atomic E-state index is 0.0605. The van der Waals surface area contributed by atoms with Gasteiger partial charge in [-0.25, -0.2) is 4.79 Å². The fourth-order valence-corrected chi connectivity index (χ4v) is 3.35. The van der Waals surface area contributed by atoms with Crippen molar-refractivity contribution in [2.24, 2.45) is 5.92 Å². The Labute approximate surface area is 168 Å². The Hall–Kier alpha value is -3.41. The van der Waals surface area contributed by atoms with E-state index in [1.54, 1.807) is 12.1 Å². The molecule has 0 bridgehead atoms. The summed E-state index contributed by atoms with van der Waals surface area (Å²) >= 11 is 0. The van der Waals surface area contributed by atoms with Gasteiger partial charge in [-0.05, 0) is 30.0 Å². The number of para-hydroxylation sites is 1. The van der Waals surface area contributed by atoms with Crippen molar-refractivity contribution in [2.45, 2.75) is 32.9 Å². The third-order valence-corrected chi connectivity index (χ3v) is 4.74. The molecule has 1 aromatic heterocycles. The highest BCUT2D eigenvalue weighted by Gasteiger charge is 2.24. The van der Waals surface area contributed by atoms with Gasteiger partial charge in [-0.15, -0.1) is 0 Å². The summed E-state index contributed by atoms with van der Waals surface area (Å²) in [5.74, 6) is -1.70. The van der Waals surface area contributed by atoms with E-state index in [1.165, 1.54) is 6.20 Å². The van der Waals surface area contributed by atoms with Crippen LogP contribution in [-0.4, -0.2) is 27.6 Å². The molecule has 1 heterocycles. The van der Waals surface area contributed by atoms with E-state index >= 15 is 0 Å². The predicted molar refractivity (Wildman–Crippen MR) is 112 cm³/mol. The van der Waals surface area contributed by atoms with Crippen LogP contribution in [0.3, 0.4) is 0 Å². The number of pyridine rings is 1. The third kappa shape index (κ3) is 4.71. The van der Waals surface area contributed by atoms with Crippen LogP contribution < -0.4 is 10.7 Å². The number of carbonyl (C=O) groups is 2. The largest absolute Gasteiger partial charge is 0.480 e. The van der Waals surface area contributed by atoms with Gasteiger partial charge >= 0.3 is 5.97 Å². The summed E-state index contributed by atoms with van der Waals surface area (Å²) in [4.78, 5) is 37.3. The average Bonchev–Trinajstić information content (AvgIpc) is 2.70. The third-order valence-electron chi connectivity index (χ3n) is 4.74. The number of carbonyl (C=O) groups excluding carboxylic acids is 1.